The molecule has 0 aliphatic carbocycles. The molecule has 0 saturated heterocycles. The molecule has 0 unspecified atom stereocenters. The van der Waals surface area contributed by atoms with Crippen molar-refractivity contribution in [1.82, 2.24) is 4.98 Å². The number of ether oxygens (including phenoxy) is 1. The minimum atomic E-state index is -0.202. The van der Waals surface area contributed by atoms with Gasteiger partial charge in [0.1, 0.15) is 5.75 Å². The molecule has 0 spiro atoms. The molecule has 0 saturated carbocycles. The number of rotatable bonds is 7. The van der Waals surface area contributed by atoms with Crippen molar-refractivity contribution in [3.05, 3.63) is 54.4 Å². The van der Waals surface area contributed by atoms with Crippen LogP contribution in [0.1, 0.15) is 30.1 Å². The number of pyridine rings is 1. The molecule has 1 aromatic heterocycles. The van der Waals surface area contributed by atoms with Crippen LogP contribution in [0, 0.1) is 0 Å². The van der Waals surface area contributed by atoms with E-state index < -0.39 is 0 Å². The van der Waals surface area contributed by atoms with Crippen LogP contribution in [0.2, 0.25) is 0 Å². The molecule has 1 heterocycles. The highest BCUT2D eigenvalue weighted by molar-refractivity contribution is 6.00. The normalized spacial score (nSPS) is 10.0. The van der Waals surface area contributed by atoms with Crippen molar-refractivity contribution in [3.63, 3.8) is 0 Å². The third kappa shape index (κ3) is 4.70. The summed E-state index contributed by atoms with van der Waals surface area (Å²) in [5.74, 6) is 0.463. The van der Waals surface area contributed by atoms with Gasteiger partial charge in [-0.1, -0.05) is 0 Å². The number of carbonyl (C=O) groups is 2. The number of carbonyl (C=O) groups excluding carboxylic acids is 2. The average molecular weight is 298 g/mol. The smallest absolute Gasteiger partial charge is 0.224 e. The Bertz CT molecular complexity index is 624. The van der Waals surface area contributed by atoms with Crippen LogP contribution in [0.5, 0.6) is 5.75 Å². The van der Waals surface area contributed by atoms with Crippen molar-refractivity contribution in [2.75, 3.05) is 11.9 Å². The van der Waals surface area contributed by atoms with E-state index >= 15 is 0 Å². The van der Waals surface area contributed by atoms with E-state index in [-0.39, 0.29) is 24.5 Å². The predicted octanol–water partition coefficient (Wildman–Crippen LogP) is 3.08. The number of nitrogens with one attached hydrogen (secondary N) is 1. The lowest BCUT2D eigenvalue weighted by Crippen LogP contribution is -2.13. The maximum Gasteiger partial charge on any atom is 0.224 e. The first-order chi connectivity index (χ1) is 10.7. The first kappa shape index (κ1) is 15.7. The molecule has 5 heteroatoms. The Morgan fingerprint density at radius 1 is 1.14 bits per heavy atom. The molecule has 1 aromatic carbocycles. The Balaban J connectivity index is 1.83. The Morgan fingerprint density at radius 2 is 1.91 bits per heavy atom. The highest BCUT2D eigenvalue weighted by Gasteiger charge is 2.10. The molecular formula is C17H18N2O3. The zero-order valence-electron chi connectivity index (χ0n) is 12.4. The van der Waals surface area contributed by atoms with Crippen LogP contribution < -0.4 is 10.1 Å². The summed E-state index contributed by atoms with van der Waals surface area (Å²) < 4.78 is 5.32. The summed E-state index contributed by atoms with van der Waals surface area (Å²) in [6.07, 6.45) is 3.50. The lowest BCUT2D eigenvalue weighted by atomic mass is 10.1. The number of Topliss-reactive ketones (excluding diaryl/α,β-unsaturated/α-hetero) is 1. The number of benzene rings is 1. The molecule has 0 aliphatic rings. The van der Waals surface area contributed by atoms with E-state index in [1.165, 1.54) is 0 Å². The molecule has 1 N–H and O–H groups in total. The molecule has 5 nitrogen and oxygen atoms in total. The van der Waals surface area contributed by atoms with Crippen LogP contribution in [-0.2, 0) is 4.79 Å². The molecule has 22 heavy (non-hydrogen) atoms. The van der Waals surface area contributed by atoms with Gasteiger partial charge in [0.05, 0.1) is 18.5 Å². The van der Waals surface area contributed by atoms with Crippen LogP contribution in [0.4, 0.5) is 5.69 Å². The third-order valence-corrected chi connectivity index (χ3v) is 3.01. The van der Waals surface area contributed by atoms with Gasteiger partial charge in [0.15, 0.2) is 5.78 Å². The summed E-state index contributed by atoms with van der Waals surface area (Å²) in [5.41, 5.74) is 1.21. The minimum absolute atomic E-state index is 0.0654. The Kier molecular flexibility index (Phi) is 5.65. The third-order valence-electron chi connectivity index (χ3n) is 3.01. The molecule has 114 valence electrons. The second-order valence-corrected chi connectivity index (χ2v) is 4.67. The maximum absolute atomic E-state index is 12.0. The maximum atomic E-state index is 12.0. The summed E-state index contributed by atoms with van der Waals surface area (Å²) in [6, 6.07) is 10.4. The van der Waals surface area contributed by atoms with Gasteiger partial charge in [0, 0.05) is 24.6 Å². The molecular weight excluding hydrogens is 280 g/mol. The van der Waals surface area contributed by atoms with Gasteiger partial charge in [-0.3, -0.25) is 14.6 Å². The van der Waals surface area contributed by atoms with E-state index in [4.69, 9.17) is 4.74 Å². The van der Waals surface area contributed by atoms with E-state index in [0.717, 1.165) is 5.75 Å². The monoisotopic (exact) mass is 298 g/mol. The highest BCUT2D eigenvalue weighted by Crippen LogP contribution is 2.14. The van der Waals surface area contributed by atoms with Crippen molar-refractivity contribution in [1.29, 1.82) is 0 Å². The quantitative estimate of drug-likeness (QED) is 0.798. The molecule has 2 aromatic rings. The largest absolute Gasteiger partial charge is 0.494 e. The fourth-order valence-corrected chi connectivity index (χ4v) is 1.94. The number of aromatic nitrogens is 1. The number of anilines is 1. The van der Waals surface area contributed by atoms with Gasteiger partial charge in [-0.15, -0.1) is 0 Å². The molecule has 2 rings (SSSR count). The Morgan fingerprint density at radius 3 is 2.55 bits per heavy atom. The zero-order valence-corrected chi connectivity index (χ0v) is 12.4. The first-order valence-corrected chi connectivity index (χ1v) is 7.15. The van der Waals surface area contributed by atoms with Gasteiger partial charge in [-0.25, -0.2) is 0 Å². The van der Waals surface area contributed by atoms with Gasteiger partial charge >= 0.3 is 0 Å². The van der Waals surface area contributed by atoms with Gasteiger partial charge < -0.3 is 10.1 Å². The summed E-state index contributed by atoms with van der Waals surface area (Å²) in [7, 11) is 0. The summed E-state index contributed by atoms with van der Waals surface area (Å²) in [4.78, 5) is 27.7. The standard InChI is InChI=1S/C17H18N2O3/c1-2-22-15-7-5-13(6-8-15)16(20)9-10-17(21)19-14-4-3-11-18-12-14/h3-8,11-12H,2,9-10H2,1H3,(H,19,21). The van der Waals surface area contributed by atoms with Gasteiger partial charge in [0.2, 0.25) is 5.91 Å². The number of amides is 1. The summed E-state index contributed by atoms with van der Waals surface area (Å²) in [6.45, 7) is 2.49. The molecule has 0 radical (unpaired) electrons. The van der Waals surface area contributed by atoms with Crippen LogP contribution in [-0.4, -0.2) is 23.3 Å². The number of nitrogens with zero attached hydrogens (tertiary/aromatic N) is 1. The molecule has 0 atom stereocenters. The first-order valence-electron chi connectivity index (χ1n) is 7.15. The highest BCUT2D eigenvalue weighted by atomic mass is 16.5. The van der Waals surface area contributed by atoms with Crippen molar-refractivity contribution in [2.45, 2.75) is 19.8 Å². The SMILES string of the molecule is CCOc1ccc(C(=O)CCC(=O)Nc2cccnc2)cc1. The predicted molar refractivity (Wildman–Crippen MR) is 84.0 cm³/mol. The summed E-state index contributed by atoms with van der Waals surface area (Å²) >= 11 is 0. The van der Waals surface area contributed by atoms with Crippen molar-refractivity contribution >= 4 is 17.4 Å². The number of hydrogen-bond donors (Lipinski definition) is 1. The van der Waals surface area contributed by atoms with Crippen molar-refractivity contribution < 1.29 is 14.3 Å². The number of ketones is 1. The Hall–Kier alpha value is -2.69. The lowest BCUT2D eigenvalue weighted by Gasteiger charge is -2.05. The molecule has 0 bridgehead atoms. The Labute approximate surface area is 129 Å². The van der Waals surface area contributed by atoms with Gasteiger partial charge in [-0.2, -0.15) is 0 Å². The lowest BCUT2D eigenvalue weighted by molar-refractivity contribution is -0.116. The summed E-state index contributed by atoms with van der Waals surface area (Å²) in [5, 5.41) is 2.70. The van der Waals surface area contributed by atoms with E-state index in [1.54, 1.807) is 48.8 Å². The van der Waals surface area contributed by atoms with Crippen molar-refractivity contribution in [3.8, 4) is 5.75 Å². The fraction of sp³-hybridized carbons (Fsp3) is 0.235. The average Bonchev–Trinajstić information content (AvgIpc) is 2.54. The van der Waals surface area contributed by atoms with Crippen LogP contribution in [0.3, 0.4) is 0 Å². The molecule has 0 aliphatic heterocycles. The topological polar surface area (TPSA) is 68.3 Å². The van der Waals surface area contributed by atoms with E-state index in [9.17, 15) is 9.59 Å². The fourth-order valence-electron chi connectivity index (χ4n) is 1.94. The van der Waals surface area contributed by atoms with Gasteiger partial charge in [0.25, 0.3) is 0 Å². The van der Waals surface area contributed by atoms with E-state index in [1.807, 2.05) is 6.92 Å². The minimum Gasteiger partial charge on any atom is -0.494 e. The van der Waals surface area contributed by atoms with E-state index in [2.05, 4.69) is 10.3 Å². The van der Waals surface area contributed by atoms with Crippen LogP contribution in [0.15, 0.2) is 48.8 Å². The second kappa shape index (κ2) is 7.93. The van der Waals surface area contributed by atoms with Crippen LogP contribution in [0.25, 0.3) is 0 Å². The van der Waals surface area contributed by atoms with Gasteiger partial charge in [-0.05, 0) is 43.3 Å². The second-order valence-electron chi connectivity index (χ2n) is 4.67. The van der Waals surface area contributed by atoms with E-state index in [0.29, 0.717) is 17.9 Å². The van der Waals surface area contributed by atoms with Crippen molar-refractivity contribution in [2.24, 2.45) is 0 Å². The molecule has 1 amide bonds. The number of hydrogen-bond acceptors (Lipinski definition) is 4. The molecule has 0 fully saturated rings. The zero-order chi connectivity index (χ0) is 15.8. The van der Waals surface area contributed by atoms with Crippen LogP contribution >= 0.6 is 0 Å².